The van der Waals surface area contributed by atoms with Gasteiger partial charge >= 0.3 is 0 Å². The summed E-state index contributed by atoms with van der Waals surface area (Å²) in [6, 6.07) is 13.6. The van der Waals surface area contributed by atoms with Crippen molar-refractivity contribution in [1.82, 2.24) is 20.6 Å². The number of fused-ring (bicyclic) bond motifs is 1. The molecule has 168 valence electrons. The van der Waals surface area contributed by atoms with Crippen LogP contribution in [0.2, 0.25) is 0 Å². The molecule has 0 bridgehead atoms. The van der Waals surface area contributed by atoms with E-state index < -0.39 is 0 Å². The van der Waals surface area contributed by atoms with Crippen molar-refractivity contribution >= 4 is 11.0 Å². The third kappa shape index (κ3) is 4.46. The summed E-state index contributed by atoms with van der Waals surface area (Å²) in [6.07, 6.45) is 3.12. The minimum absolute atomic E-state index is 0.0934. The molecule has 0 amide bonds. The number of rotatable bonds is 5. The fraction of sp³-hybridized carbons (Fsp3) is 0.346. The summed E-state index contributed by atoms with van der Waals surface area (Å²) in [6.45, 7) is 6.06. The Morgan fingerprint density at radius 3 is 2.70 bits per heavy atom. The Morgan fingerprint density at radius 2 is 1.97 bits per heavy atom. The van der Waals surface area contributed by atoms with Gasteiger partial charge in [0.2, 0.25) is 0 Å². The van der Waals surface area contributed by atoms with E-state index in [2.05, 4.69) is 39.2 Å². The van der Waals surface area contributed by atoms with Gasteiger partial charge < -0.3 is 21.4 Å². The number of aromatic nitrogens is 2. The minimum Gasteiger partial charge on any atom is -0.340 e. The van der Waals surface area contributed by atoms with Crippen LogP contribution < -0.4 is 16.4 Å². The van der Waals surface area contributed by atoms with Crippen LogP contribution in [0.25, 0.3) is 11.0 Å². The van der Waals surface area contributed by atoms with Crippen LogP contribution >= 0.6 is 0 Å². The van der Waals surface area contributed by atoms with Crippen molar-refractivity contribution in [2.45, 2.75) is 43.4 Å². The van der Waals surface area contributed by atoms with E-state index in [-0.39, 0.29) is 24.2 Å². The number of H-pyrrole nitrogens is 1. The lowest BCUT2D eigenvalue weighted by Crippen LogP contribution is -2.44. The fourth-order valence-corrected chi connectivity index (χ4v) is 4.79. The second-order valence-corrected chi connectivity index (χ2v) is 8.88. The van der Waals surface area contributed by atoms with E-state index in [0.717, 1.165) is 71.5 Å². The molecule has 4 atom stereocenters. The Hall–Kier alpha value is -3.31. The van der Waals surface area contributed by atoms with Crippen molar-refractivity contribution in [2.24, 2.45) is 10.8 Å². The van der Waals surface area contributed by atoms with Gasteiger partial charge in [0, 0.05) is 23.2 Å². The summed E-state index contributed by atoms with van der Waals surface area (Å²) < 4.78 is 0. The Labute approximate surface area is 193 Å². The lowest BCUT2D eigenvalue weighted by molar-refractivity contribution is 0.411. The van der Waals surface area contributed by atoms with E-state index in [1.807, 2.05) is 42.5 Å². The van der Waals surface area contributed by atoms with Gasteiger partial charge in [-0.25, -0.2) is 10.5 Å². The summed E-state index contributed by atoms with van der Waals surface area (Å²) in [5.74, 6) is 7.42. The summed E-state index contributed by atoms with van der Waals surface area (Å²) in [5, 5.41) is 10.7. The molecule has 0 saturated carbocycles. The molecule has 2 fully saturated rings. The van der Waals surface area contributed by atoms with Crippen LogP contribution in [0.15, 0.2) is 59.7 Å². The zero-order valence-corrected chi connectivity index (χ0v) is 18.6. The number of hydrogen-bond acceptors (Lipinski definition) is 6. The van der Waals surface area contributed by atoms with E-state index >= 15 is 0 Å². The number of aromatic amines is 1. The van der Waals surface area contributed by atoms with Crippen molar-refractivity contribution in [3.05, 3.63) is 77.1 Å². The van der Waals surface area contributed by atoms with Crippen LogP contribution in [0.3, 0.4) is 0 Å². The lowest BCUT2D eigenvalue weighted by atomic mass is 9.93. The van der Waals surface area contributed by atoms with Crippen LogP contribution in [0.5, 0.6) is 0 Å². The SMILES string of the molecule is C=C1CCNC1c1nc2ccc(C#Cc3cccc(C(N=N)C(N)C4CCCN4)c3)cc2[nH]1. The second kappa shape index (κ2) is 9.28. The third-order valence-electron chi connectivity index (χ3n) is 6.62. The smallest absolute Gasteiger partial charge is 0.128 e. The quantitative estimate of drug-likeness (QED) is 0.237. The molecule has 3 aromatic rings. The lowest BCUT2D eigenvalue weighted by Gasteiger charge is -2.25. The van der Waals surface area contributed by atoms with Crippen molar-refractivity contribution in [3.8, 4) is 11.8 Å². The zero-order chi connectivity index (χ0) is 22.8. The predicted octanol–water partition coefficient (Wildman–Crippen LogP) is 3.70. The number of nitrogens with zero attached hydrogens (tertiary/aromatic N) is 2. The molecular weight excluding hydrogens is 410 g/mol. The summed E-state index contributed by atoms with van der Waals surface area (Å²) in [7, 11) is 0. The monoisotopic (exact) mass is 439 g/mol. The molecule has 2 aromatic carbocycles. The first-order chi connectivity index (χ1) is 16.1. The topological polar surface area (TPSA) is 115 Å². The normalized spacial score (nSPS) is 22.2. The first-order valence-corrected chi connectivity index (χ1v) is 11.5. The molecule has 2 aliphatic rings. The number of imidazole rings is 1. The van der Waals surface area contributed by atoms with Crippen LogP contribution in [-0.4, -0.2) is 35.1 Å². The average Bonchev–Trinajstić information content (AvgIpc) is 3.58. The maximum absolute atomic E-state index is 7.71. The molecule has 2 aliphatic heterocycles. The molecule has 0 radical (unpaired) electrons. The molecule has 0 aliphatic carbocycles. The molecule has 7 nitrogen and oxygen atoms in total. The molecule has 7 heteroatoms. The molecule has 2 saturated heterocycles. The van der Waals surface area contributed by atoms with Crippen LogP contribution in [0.1, 0.15) is 53.9 Å². The van der Waals surface area contributed by atoms with Gasteiger partial charge in [0.15, 0.2) is 0 Å². The zero-order valence-electron chi connectivity index (χ0n) is 18.6. The number of nitrogens with one attached hydrogen (secondary N) is 4. The highest BCUT2D eigenvalue weighted by atomic mass is 15.1. The van der Waals surface area contributed by atoms with Gasteiger partial charge in [-0.2, -0.15) is 5.11 Å². The van der Waals surface area contributed by atoms with E-state index in [1.165, 1.54) is 0 Å². The van der Waals surface area contributed by atoms with Crippen molar-refractivity contribution in [2.75, 3.05) is 13.1 Å². The van der Waals surface area contributed by atoms with Gasteiger partial charge in [0.25, 0.3) is 0 Å². The highest BCUT2D eigenvalue weighted by Crippen LogP contribution is 2.28. The Balaban J connectivity index is 1.36. The van der Waals surface area contributed by atoms with Crippen LogP contribution in [0, 0.1) is 17.4 Å². The molecule has 6 N–H and O–H groups in total. The van der Waals surface area contributed by atoms with Crippen molar-refractivity contribution < 1.29 is 0 Å². The van der Waals surface area contributed by atoms with Gasteiger partial charge in [-0.15, -0.1) is 0 Å². The predicted molar refractivity (Wildman–Crippen MR) is 130 cm³/mol. The maximum Gasteiger partial charge on any atom is 0.128 e. The number of hydrogen-bond donors (Lipinski definition) is 5. The van der Waals surface area contributed by atoms with E-state index in [1.54, 1.807) is 0 Å². The molecular formula is C26H29N7. The Morgan fingerprint density at radius 1 is 1.12 bits per heavy atom. The fourth-order valence-electron chi connectivity index (χ4n) is 4.79. The summed E-state index contributed by atoms with van der Waals surface area (Å²) in [4.78, 5) is 8.14. The largest absolute Gasteiger partial charge is 0.340 e. The third-order valence-corrected chi connectivity index (χ3v) is 6.62. The first-order valence-electron chi connectivity index (χ1n) is 11.5. The van der Waals surface area contributed by atoms with Gasteiger partial charge in [-0.1, -0.05) is 36.1 Å². The number of nitrogens with two attached hydrogens (primary N) is 1. The molecule has 3 heterocycles. The van der Waals surface area contributed by atoms with Crippen molar-refractivity contribution in [1.29, 1.82) is 5.53 Å². The van der Waals surface area contributed by atoms with E-state index in [9.17, 15) is 0 Å². The molecule has 5 rings (SSSR count). The summed E-state index contributed by atoms with van der Waals surface area (Å²) in [5.41, 5.74) is 19.9. The van der Waals surface area contributed by atoms with Crippen molar-refractivity contribution in [3.63, 3.8) is 0 Å². The highest BCUT2D eigenvalue weighted by Gasteiger charge is 2.29. The maximum atomic E-state index is 7.71. The molecule has 1 aromatic heterocycles. The Bertz CT molecular complexity index is 1240. The molecule has 0 spiro atoms. The molecule has 33 heavy (non-hydrogen) atoms. The Kier molecular flexibility index (Phi) is 6.05. The first kappa shape index (κ1) is 21.5. The second-order valence-electron chi connectivity index (χ2n) is 8.88. The van der Waals surface area contributed by atoms with Gasteiger partial charge in [0.05, 0.1) is 17.1 Å². The van der Waals surface area contributed by atoms with Crippen LogP contribution in [-0.2, 0) is 0 Å². The molecule has 4 unspecified atom stereocenters. The van der Waals surface area contributed by atoms with E-state index in [4.69, 9.17) is 16.2 Å². The summed E-state index contributed by atoms with van der Waals surface area (Å²) >= 11 is 0. The minimum atomic E-state index is -0.374. The average molecular weight is 440 g/mol. The van der Waals surface area contributed by atoms with Gasteiger partial charge in [0.1, 0.15) is 11.9 Å². The standard InChI is InChI=1S/C26H29N7/c1-16-11-13-30-24(16)26-31-20-10-9-18(15-22(20)32-26)8-7-17-4-2-5-19(14-17)25(33-28)23(27)21-6-3-12-29-21/h2,4-5,9-10,14-15,21,23-25,28-30H,1,3,6,11-13,27H2,(H,31,32). The number of benzene rings is 2. The van der Waals surface area contributed by atoms with Crippen LogP contribution in [0.4, 0.5) is 0 Å². The van der Waals surface area contributed by atoms with E-state index in [0.29, 0.717) is 0 Å². The highest BCUT2D eigenvalue weighted by molar-refractivity contribution is 5.77. The van der Waals surface area contributed by atoms with Gasteiger partial charge in [-0.3, -0.25) is 0 Å². The van der Waals surface area contributed by atoms with Gasteiger partial charge in [-0.05, 0) is 68.2 Å².